The second kappa shape index (κ2) is 10.6. The molecule has 2 aromatic carbocycles. The van der Waals surface area contributed by atoms with E-state index >= 15 is 0 Å². The molecule has 1 atom stereocenters. The second-order valence-electron chi connectivity index (χ2n) is 6.17. The zero-order chi connectivity index (χ0) is 20.5. The Morgan fingerprint density at radius 2 is 1.93 bits per heavy atom. The van der Waals surface area contributed by atoms with Crippen molar-refractivity contribution in [1.29, 1.82) is 0 Å². The predicted octanol–water partition coefficient (Wildman–Crippen LogP) is 2.80. The molecule has 8 heteroatoms. The van der Waals surface area contributed by atoms with Crippen LogP contribution in [0, 0.1) is 5.82 Å². The van der Waals surface area contributed by atoms with Crippen LogP contribution in [-0.4, -0.2) is 44.0 Å². The minimum atomic E-state index is -0.509. The first-order valence-electron chi connectivity index (χ1n) is 8.62. The van der Waals surface area contributed by atoms with Crippen molar-refractivity contribution in [3.8, 4) is 11.1 Å². The largest absolute Gasteiger partial charge is 0.461 e. The van der Waals surface area contributed by atoms with Gasteiger partial charge in [0.1, 0.15) is 11.9 Å². The quantitative estimate of drug-likeness (QED) is 0.273. The van der Waals surface area contributed by atoms with E-state index in [1.807, 2.05) is 36.6 Å². The summed E-state index contributed by atoms with van der Waals surface area (Å²) in [7, 11) is 1.79. The lowest BCUT2D eigenvalue weighted by Crippen LogP contribution is -2.41. The maximum atomic E-state index is 14.7. The Kier molecular flexibility index (Phi) is 8.16. The number of hydrazine groups is 1. The van der Waals surface area contributed by atoms with Gasteiger partial charge in [-0.25, -0.2) is 10.2 Å². The van der Waals surface area contributed by atoms with Gasteiger partial charge < -0.3 is 20.4 Å². The number of thioether (sulfide) groups is 1. The van der Waals surface area contributed by atoms with Gasteiger partial charge >= 0.3 is 0 Å². The molecule has 28 heavy (non-hydrogen) atoms. The lowest BCUT2D eigenvalue weighted by molar-refractivity contribution is -0.133. The SMILES string of the molecule is CSc1ccc(-c2ccc(N(C)CC(CN(N)/C=C\N)OC=O)cc2F)cc1. The summed E-state index contributed by atoms with van der Waals surface area (Å²) in [6.45, 7) is 0.964. The molecule has 0 saturated carbocycles. The molecule has 6 nitrogen and oxygen atoms in total. The van der Waals surface area contributed by atoms with Crippen LogP contribution >= 0.6 is 11.8 Å². The zero-order valence-corrected chi connectivity index (χ0v) is 16.7. The molecule has 0 radical (unpaired) electrons. The van der Waals surface area contributed by atoms with Crippen molar-refractivity contribution in [3.05, 3.63) is 60.7 Å². The van der Waals surface area contributed by atoms with E-state index in [0.29, 0.717) is 24.3 Å². The molecule has 0 aromatic heterocycles. The molecule has 0 aliphatic heterocycles. The van der Waals surface area contributed by atoms with Crippen molar-refractivity contribution in [3.63, 3.8) is 0 Å². The zero-order valence-electron chi connectivity index (χ0n) is 15.9. The molecule has 0 amide bonds. The van der Waals surface area contributed by atoms with Gasteiger partial charge in [0.15, 0.2) is 0 Å². The van der Waals surface area contributed by atoms with Crippen LogP contribution in [0.4, 0.5) is 10.1 Å². The minimum Gasteiger partial charge on any atom is -0.461 e. The second-order valence-corrected chi connectivity index (χ2v) is 7.05. The lowest BCUT2D eigenvalue weighted by Gasteiger charge is -2.27. The third-order valence-corrected chi connectivity index (χ3v) is 4.96. The van der Waals surface area contributed by atoms with E-state index in [2.05, 4.69) is 0 Å². The van der Waals surface area contributed by atoms with Crippen LogP contribution in [0.1, 0.15) is 0 Å². The van der Waals surface area contributed by atoms with E-state index < -0.39 is 6.10 Å². The third kappa shape index (κ3) is 5.90. The van der Waals surface area contributed by atoms with E-state index in [1.54, 1.807) is 29.8 Å². The molecule has 0 saturated heterocycles. The summed E-state index contributed by atoms with van der Waals surface area (Å²) in [4.78, 5) is 13.7. The van der Waals surface area contributed by atoms with Crippen LogP contribution in [-0.2, 0) is 9.53 Å². The number of nitrogens with zero attached hydrogens (tertiary/aromatic N) is 2. The number of ether oxygens (including phenoxy) is 1. The Morgan fingerprint density at radius 3 is 2.50 bits per heavy atom. The number of rotatable bonds is 10. The number of benzene rings is 2. The van der Waals surface area contributed by atoms with Gasteiger partial charge in [0, 0.05) is 35.6 Å². The summed E-state index contributed by atoms with van der Waals surface area (Å²) in [5, 5.41) is 1.32. The summed E-state index contributed by atoms with van der Waals surface area (Å²) in [5.74, 6) is 5.43. The fourth-order valence-electron chi connectivity index (χ4n) is 2.79. The van der Waals surface area contributed by atoms with Crippen LogP contribution in [0.5, 0.6) is 0 Å². The fourth-order valence-corrected chi connectivity index (χ4v) is 3.19. The number of halogens is 1. The first kappa shape index (κ1) is 21.6. The van der Waals surface area contributed by atoms with E-state index in [-0.39, 0.29) is 12.4 Å². The highest BCUT2D eigenvalue weighted by Gasteiger charge is 2.16. The molecule has 4 N–H and O–H groups in total. The fraction of sp³-hybridized carbons (Fsp3) is 0.250. The molecular formula is C20H25FN4O2S. The highest BCUT2D eigenvalue weighted by Crippen LogP contribution is 2.28. The van der Waals surface area contributed by atoms with Crippen molar-refractivity contribution < 1.29 is 13.9 Å². The van der Waals surface area contributed by atoms with Crippen molar-refractivity contribution in [2.24, 2.45) is 11.6 Å². The minimum absolute atomic E-state index is 0.249. The average molecular weight is 405 g/mol. The third-order valence-electron chi connectivity index (χ3n) is 4.21. The number of carbonyl (C=O) groups is 1. The molecule has 2 aromatic rings. The van der Waals surface area contributed by atoms with Gasteiger partial charge in [0.2, 0.25) is 0 Å². The normalized spacial score (nSPS) is 12.0. The summed E-state index contributed by atoms with van der Waals surface area (Å²) in [6.07, 6.45) is 4.25. The number of hydrogen-bond acceptors (Lipinski definition) is 7. The van der Waals surface area contributed by atoms with Crippen LogP contribution in [0.2, 0.25) is 0 Å². The Labute approximate surface area is 168 Å². The molecular weight excluding hydrogens is 379 g/mol. The predicted molar refractivity (Wildman–Crippen MR) is 112 cm³/mol. The van der Waals surface area contributed by atoms with Crippen molar-refractivity contribution >= 4 is 23.9 Å². The smallest absolute Gasteiger partial charge is 0.293 e. The topological polar surface area (TPSA) is 84.8 Å². The summed E-state index contributed by atoms with van der Waals surface area (Å²) in [5.41, 5.74) is 7.32. The summed E-state index contributed by atoms with van der Waals surface area (Å²) >= 11 is 1.64. The van der Waals surface area contributed by atoms with Gasteiger partial charge in [0.25, 0.3) is 6.47 Å². The number of likely N-dealkylation sites (N-methyl/N-ethyl adjacent to an activating group) is 1. The summed E-state index contributed by atoms with van der Waals surface area (Å²) in [6, 6.07) is 12.8. The molecule has 0 heterocycles. The molecule has 0 fully saturated rings. The maximum Gasteiger partial charge on any atom is 0.293 e. The number of nitrogens with two attached hydrogens (primary N) is 2. The highest BCUT2D eigenvalue weighted by atomic mass is 32.2. The van der Waals surface area contributed by atoms with Gasteiger partial charge in [0.05, 0.1) is 13.1 Å². The van der Waals surface area contributed by atoms with Crippen LogP contribution < -0.4 is 16.5 Å². The Bertz CT molecular complexity index is 801. The molecule has 0 bridgehead atoms. The van der Waals surface area contributed by atoms with Crippen LogP contribution in [0.25, 0.3) is 11.1 Å². The first-order valence-corrected chi connectivity index (χ1v) is 9.85. The number of hydrogen-bond donors (Lipinski definition) is 2. The highest BCUT2D eigenvalue weighted by molar-refractivity contribution is 7.98. The van der Waals surface area contributed by atoms with E-state index in [4.69, 9.17) is 16.3 Å². The Balaban J connectivity index is 2.13. The van der Waals surface area contributed by atoms with Crippen molar-refractivity contribution in [2.75, 3.05) is 31.3 Å². The van der Waals surface area contributed by atoms with Gasteiger partial charge in [-0.3, -0.25) is 4.79 Å². The van der Waals surface area contributed by atoms with Crippen LogP contribution in [0.3, 0.4) is 0 Å². The first-order chi connectivity index (χ1) is 13.5. The number of anilines is 1. The van der Waals surface area contributed by atoms with Crippen molar-refractivity contribution in [1.82, 2.24) is 5.01 Å². The molecule has 150 valence electrons. The standard InChI is InChI=1S/C20H25FN4O2S/c1-24(12-17(27-14-26)13-25(23)10-9-22)16-5-8-19(20(21)11-16)15-3-6-18(28-2)7-4-15/h3-11,14,17H,12-13,22-23H2,1-2H3/b10-9-. The maximum absolute atomic E-state index is 14.7. The van der Waals surface area contributed by atoms with Gasteiger partial charge in [-0.2, -0.15) is 0 Å². The summed E-state index contributed by atoms with van der Waals surface area (Å²) < 4.78 is 19.8. The average Bonchev–Trinajstić information content (AvgIpc) is 2.68. The molecule has 2 rings (SSSR count). The van der Waals surface area contributed by atoms with Gasteiger partial charge in [-0.15, -0.1) is 11.8 Å². The molecule has 1 unspecified atom stereocenters. The van der Waals surface area contributed by atoms with Gasteiger partial charge in [-0.1, -0.05) is 12.1 Å². The molecule has 0 spiro atoms. The Hall–Kier alpha value is -2.71. The van der Waals surface area contributed by atoms with E-state index in [1.165, 1.54) is 23.5 Å². The van der Waals surface area contributed by atoms with Crippen LogP contribution in [0.15, 0.2) is 59.8 Å². The van der Waals surface area contributed by atoms with Gasteiger partial charge in [-0.05, 0) is 42.2 Å². The molecule has 0 aliphatic carbocycles. The van der Waals surface area contributed by atoms with Crippen molar-refractivity contribution in [2.45, 2.75) is 11.0 Å². The lowest BCUT2D eigenvalue weighted by atomic mass is 10.0. The monoisotopic (exact) mass is 404 g/mol. The number of carbonyl (C=O) groups excluding carboxylic acids is 1. The van der Waals surface area contributed by atoms with E-state index in [0.717, 1.165) is 10.5 Å². The van der Waals surface area contributed by atoms with E-state index in [9.17, 15) is 9.18 Å². The molecule has 0 aliphatic rings. The Morgan fingerprint density at radius 1 is 1.21 bits per heavy atom.